The van der Waals surface area contributed by atoms with E-state index in [9.17, 15) is 4.79 Å². The molecule has 3 heteroatoms. The fourth-order valence-corrected chi connectivity index (χ4v) is 1.33. The lowest BCUT2D eigenvalue weighted by Crippen LogP contribution is -2.34. The van der Waals surface area contributed by atoms with Gasteiger partial charge in [0.15, 0.2) is 6.04 Å². The SMILES string of the molecule is CCOC(=O)[C@H](C#CCc1ccccc1)NC. The third kappa shape index (κ3) is 4.71. The molecule has 0 aromatic heterocycles. The number of esters is 1. The molecule has 1 rings (SSSR count). The molecule has 0 spiro atoms. The van der Waals surface area contributed by atoms with Gasteiger partial charge in [0.05, 0.1) is 6.61 Å². The summed E-state index contributed by atoms with van der Waals surface area (Å²) in [6.07, 6.45) is 0.637. The maximum Gasteiger partial charge on any atom is 0.335 e. The summed E-state index contributed by atoms with van der Waals surface area (Å²) in [7, 11) is 1.69. The zero-order valence-electron chi connectivity index (χ0n) is 10.2. The fourth-order valence-electron chi connectivity index (χ4n) is 1.33. The van der Waals surface area contributed by atoms with Crippen LogP contribution in [0.2, 0.25) is 0 Å². The van der Waals surface area contributed by atoms with Crippen LogP contribution in [0.15, 0.2) is 30.3 Å². The van der Waals surface area contributed by atoms with Crippen LogP contribution in [-0.2, 0) is 16.0 Å². The van der Waals surface area contributed by atoms with Gasteiger partial charge in [0.2, 0.25) is 0 Å². The van der Waals surface area contributed by atoms with Crippen molar-refractivity contribution in [2.45, 2.75) is 19.4 Å². The van der Waals surface area contributed by atoms with Crippen molar-refractivity contribution in [3.05, 3.63) is 35.9 Å². The minimum Gasteiger partial charge on any atom is -0.464 e. The molecule has 0 heterocycles. The predicted octanol–water partition coefficient (Wildman–Crippen LogP) is 1.38. The number of ether oxygens (including phenoxy) is 1. The molecule has 90 valence electrons. The topological polar surface area (TPSA) is 38.3 Å². The second kappa shape index (κ2) is 7.48. The molecular formula is C14H17NO2. The van der Waals surface area contributed by atoms with Crippen LogP contribution in [0.5, 0.6) is 0 Å². The zero-order valence-corrected chi connectivity index (χ0v) is 10.2. The minimum atomic E-state index is -0.543. The van der Waals surface area contributed by atoms with Crippen LogP contribution in [0.4, 0.5) is 0 Å². The Bertz CT molecular complexity index is 403. The van der Waals surface area contributed by atoms with E-state index in [1.54, 1.807) is 14.0 Å². The monoisotopic (exact) mass is 231 g/mol. The van der Waals surface area contributed by atoms with Crippen molar-refractivity contribution in [2.24, 2.45) is 0 Å². The number of benzene rings is 1. The average molecular weight is 231 g/mol. The van der Waals surface area contributed by atoms with Gasteiger partial charge in [-0.1, -0.05) is 42.2 Å². The maximum absolute atomic E-state index is 11.4. The molecule has 0 aliphatic carbocycles. The molecule has 0 saturated carbocycles. The summed E-state index contributed by atoms with van der Waals surface area (Å²) in [6, 6.07) is 9.38. The van der Waals surface area contributed by atoms with E-state index in [1.807, 2.05) is 30.3 Å². The summed E-state index contributed by atoms with van der Waals surface area (Å²) in [5.41, 5.74) is 1.14. The van der Waals surface area contributed by atoms with Crippen LogP contribution in [0.1, 0.15) is 12.5 Å². The Hall–Kier alpha value is -1.79. The lowest BCUT2D eigenvalue weighted by atomic mass is 10.1. The van der Waals surface area contributed by atoms with Gasteiger partial charge in [-0.2, -0.15) is 0 Å². The minimum absolute atomic E-state index is 0.324. The largest absolute Gasteiger partial charge is 0.464 e. The summed E-state index contributed by atoms with van der Waals surface area (Å²) in [5, 5.41) is 2.82. The highest BCUT2D eigenvalue weighted by Crippen LogP contribution is 1.98. The van der Waals surface area contributed by atoms with E-state index >= 15 is 0 Å². The maximum atomic E-state index is 11.4. The van der Waals surface area contributed by atoms with Crippen LogP contribution in [0, 0.1) is 11.8 Å². The van der Waals surface area contributed by atoms with E-state index in [4.69, 9.17) is 4.74 Å². The third-order valence-corrected chi connectivity index (χ3v) is 2.19. The van der Waals surface area contributed by atoms with Gasteiger partial charge < -0.3 is 4.74 Å². The van der Waals surface area contributed by atoms with Gasteiger partial charge in [0.1, 0.15) is 0 Å². The van der Waals surface area contributed by atoms with E-state index in [0.29, 0.717) is 13.0 Å². The molecule has 3 nitrogen and oxygen atoms in total. The molecule has 1 aromatic carbocycles. The summed E-state index contributed by atoms with van der Waals surface area (Å²) in [6.45, 7) is 2.15. The molecule has 0 saturated heterocycles. The Labute approximate surface area is 102 Å². The van der Waals surface area contributed by atoms with Gasteiger partial charge in [0.25, 0.3) is 0 Å². The average Bonchev–Trinajstić information content (AvgIpc) is 2.36. The van der Waals surface area contributed by atoms with Gasteiger partial charge in [-0.15, -0.1) is 0 Å². The smallest absolute Gasteiger partial charge is 0.335 e. The molecule has 0 unspecified atom stereocenters. The van der Waals surface area contributed by atoms with Gasteiger partial charge in [-0.3, -0.25) is 5.32 Å². The van der Waals surface area contributed by atoms with Gasteiger partial charge >= 0.3 is 5.97 Å². The fraction of sp³-hybridized carbons (Fsp3) is 0.357. The number of likely N-dealkylation sites (N-methyl/N-ethyl adjacent to an activating group) is 1. The third-order valence-electron chi connectivity index (χ3n) is 2.19. The van der Waals surface area contributed by atoms with E-state index < -0.39 is 6.04 Å². The van der Waals surface area contributed by atoms with Crippen LogP contribution >= 0.6 is 0 Å². The number of carbonyl (C=O) groups is 1. The molecule has 0 fully saturated rings. The van der Waals surface area contributed by atoms with Crippen molar-refractivity contribution in [2.75, 3.05) is 13.7 Å². The van der Waals surface area contributed by atoms with Crippen molar-refractivity contribution >= 4 is 5.97 Å². The van der Waals surface area contributed by atoms with Crippen LogP contribution in [0.25, 0.3) is 0 Å². The number of carbonyl (C=O) groups excluding carboxylic acids is 1. The summed E-state index contributed by atoms with van der Waals surface area (Å²) in [4.78, 5) is 11.4. The van der Waals surface area contributed by atoms with Gasteiger partial charge in [-0.05, 0) is 19.5 Å². The second-order valence-corrected chi connectivity index (χ2v) is 3.46. The second-order valence-electron chi connectivity index (χ2n) is 3.46. The van der Waals surface area contributed by atoms with Crippen molar-refractivity contribution in [1.29, 1.82) is 0 Å². The van der Waals surface area contributed by atoms with Crippen LogP contribution < -0.4 is 5.32 Å². The first-order chi connectivity index (χ1) is 8.27. The van der Waals surface area contributed by atoms with Crippen molar-refractivity contribution < 1.29 is 9.53 Å². The van der Waals surface area contributed by atoms with Gasteiger partial charge in [-0.25, -0.2) is 4.79 Å². The number of hydrogen-bond acceptors (Lipinski definition) is 3. The van der Waals surface area contributed by atoms with E-state index in [-0.39, 0.29) is 5.97 Å². The van der Waals surface area contributed by atoms with E-state index in [0.717, 1.165) is 5.56 Å². The Morgan fingerprint density at radius 3 is 2.71 bits per heavy atom. The Balaban J connectivity index is 2.55. The van der Waals surface area contributed by atoms with Crippen LogP contribution in [-0.4, -0.2) is 25.7 Å². The molecule has 0 aliphatic heterocycles. The highest BCUT2D eigenvalue weighted by atomic mass is 16.5. The Morgan fingerprint density at radius 1 is 1.41 bits per heavy atom. The highest BCUT2D eigenvalue weighted by Gasteiger charge is 2.13. The molecule has 1 aromatic rings. The summed E-state index contributed by atoms with van der Waals surface area (Å²) in [5.74, 6) is 5.52. The summed E-state index contributed by atoms with van der Waals surface area (Å²) < 4.78 is 4.89. The Kier molecular flexibility index (Phi) is 5.84. The molecule has 0 aliphatic rings. The highest BCUT2D eigenvalue weighted by molar-refractivity contribution is 5.79. The first kappa shape index (κ1) is 13.3. The number of nitrogens with one attached hydrogen (secondary N) is 1. The van der Waals surface area contributed by atoms with E-state index in [2.05, 4.69) is 17.2 Å². The lowest BCUT2D eigenvalue weighted by Gasteiger charge is -2.07. The first-order valence-corrected chi connectivity index (χ1v) is 5.64. The molecule has 0 amide bonds. The molecule has 17 heavy (non-hydrogen) atoms. The molecule has 0 radical (unpaired) electrons. The molecule has 1 N–H and O–H groups in total. The van der Waals surface area contributed by atoms with Crippen molar-refractivity contribution in [3.8, 4) is 11.8 Å². The lowest BCUT2D eigenvalue weighted by molar-refractivity contribution is -0.143. The first-order valence-electron chi connectivity index (χ1n) is 5.64. The van der Waals surface area contributed by atoms with Gasteiger partial charge in [0, 0.05) is 6.42 Å². The van der Waals surface area contributed by atoms with Crippen molar-refractivity contribution in [1.82, 2.24) is 5.32 Å². The van der Waals surface area contributed by atoms with Crippen molar-refractivity contribution in [3.63, 3.8) is 0 Å². The Morgan fingerprint density at radius 2 is 2.12 bits per heavy atom. The number of rotatable bonds is 4. The molecule has 1 atom stereocenters. The molecule has 0 bridgehead atoms. The van der Waals surface area contributed by atoms with Crippen LogP contribution in [0.3, 0.4) is 0 Å². The standard InChI is InChI=1S/C14H17NO2/c1-3-17-14(16)13(15-2)11-7-10-12-8-5-4-6-9-12/h4-6,8-9,13,15H,3,10H2,1-2H3/t13-/m0/s1. The number of hydrogen-bond donors (Lipinski definition) is 1. The van der Waals surface area contributed by atoms with E-state index in [1.165, 1.54) is 0 Å². The summed E-state index contributed by atoms with van der Waals surface area (Å²) >= 11 is 0. The normalized spacial score (nSPS) is 11.2. The zero-order chi connectivity index (χ0) is 12.5. The predicted molar refractivity (Wildman–Crippen MR) is 67.4 cm³/mol. The molecular weight excluding hydrogens is 214 g/mol. The quantitative estimate of drug-likeness (QED) is 0.628.